The minimum atomic E-state index is 0.124. The second-order valence-electron chi connectivity index (χ2n) is 8.55. The minimum absolute atomic E-state index is 0.124. The predicted octanol–water partition coefficient (Wildman–Crippen LogP) is 4.78. The first-order valence-corrected chi connectivity index (χ1v) is 12.0. The minimum Gasteiger partial charge on any atom is -0.490 e. The number of amides is 1. The number of pyridine rings is 1. The summed E-state index contributed by atoms with van der Waals surface area (Å²) in [7, 11) is 0. The number of benzene rings is 1. The van der Waals surface area contributed by atoms with Gasteiger partial charge in [-0.15, -0.1) is 0 Å². The molecule has 0 radical (unpaired) electrons. The Morgan fingerprint density at radius 3 is 2.53 bits per heavy atom. The molecule has 3 aliphatic rings. The van der Waals surface area contributed by atoms with Gasteiger partial charge in [0.05, 0.1) is 31.0 Å². The number of piperidine rings is 1. The van der Waals surface area contributed by atoms with Crippen molar-refractivity contribution >= 4 is 11.7 Å². The number of hydrogen-bond donors (Lipinski definition) is 0. The molecule has 1 aromatic heterocycles. The third kappa shape index (κ3) is 4.08. The summed E-state index contributed by atoms with van der Waals surface area (Å²) in [4.78, 5) is 21.8. The van der Waals surface area contributed by atoms with Crippen LogP contribution in [0.5, 0.6) is 5.75 Å². The van der Waals surface area contributed by atoms with E-state index in [9.17, 15) is 4.79 Å². The van der Waals surface area contributed by atoms with Gasteiger partial charge in [0.25, 0.3) is 5.91 Å². The van der Waals surface area contributed by atoms with Gasteiger partial charge in [-0.25, -0.2) is 4.98 Å². The number of fused-ring (bicyclic) bond motifs is 2. The Hall–Kier alpha value is -2.60. The van der Waals surface area contributed by atoms with E-state index in [1.807, 2.05) is 25.7 Å². The molecule has 0 N–H and O–H groups in total. The topological polar surface area (TPSA) is 54.9 Å². The van der Waals surface area contributed by atoms with Crippen molar-refractivity contribution in [3.05, 3.63) is 51.7 Å². The zero-order valence-electron chi connectivity index (χ0n) is 20.0. The highest BCUT2D eigenvalue weighted by molar-refractivity contribution is 6.00. The Morgan fingerprint density at radius 2 is 1.81 bits per heavy atom. The van der Waals surface area contributed by atoms with Gasteiger partial charge in [0.15, 0.2) is 0 Å². The van der Waals surface area contributed by atoms with Gasteiger partial charge in [0.1, 0.15) is 17.7 Å². The quantitative estimate of drug-likeness (QED) is 0.689. The van der Waals surface area contributed by atoms with E-state index in [2.05, 4.69) is 36.9 Å². The molecule has 5 rings (SSSR count). The van der Waals surface area contributed by atoms with Crippen molar-refractivity contribution in [2.24, 2.45) is 0 Å². The maximum atomic E-state index is 12.6. The summed E-state index contributed by atoms with van der Waals surface area (Å²) in [6, 6.07) is 6.31. The molecule has 0 unspecified atom stereocenters. The van der Waals surface area contributed by atoms with E-state index in [-0.39, 0.29) is 12.0 Å². The first-order valence-electron chi connectivity index (χ1n) is 12.0. The van der Waals surface area contributed by atoms with E-state index in [0.29, 0.717) is 19.8 Å². The second-order valence-corrected chi connectivity index (χ2v) is 8.55. The summed E-state index contributed by atoms with van der Waals surface area (Å²) in [5, 5.41) is 0. The number of hydrogen-bond acceptors (Lipinski definition) is 5. The molecule has 6 heteroatoms. The normalized spacial score (nSPS) is 17.7. The van der Waals surface area contributed by atoms with Crippen LogP contribution in [0.2, 0.25) is 0 Å². The van der Waals surface area contributed by atoms with Crippen LogP contribution in [0, 0.1) is 13.8 Å². The highest BCUT2D eigenvalue weighted by Crippen LogP contribution is 2.33. The fourth-order valence-electron chi connectivity index (χ4n) is 4.81. The Labute approximate surface area is 191 Å². The Morgan fingerprint density at radius 1 is 1.09 bits per heavy atom. The van der Waals surface area contributed by atoms with Gasteiger partial charge in [-0.1, -0.05) is 19.9 Å². The zero-order valence-corrected chi connectivity index (χ0v) is 20.0. The van der Waals surface area contributed by atoms with Crippen molar-refractivity contribution < 1.29 is 14.3 Å². The summed E-state index contributed by atoms with van der Waals surface area (Å²) in [5.41, 5.74) is 6.46. The maximum absolute atomic E-state index is 12.6. The largest absolute Gasteiger partial charge is 0.490 e. The molecule has 6 nitrogen and oxygen atoms in total. The monoisotopic (exact) mass is 437 g/mol. The van der Waals surface area contributed by atoms with Crippen LogP contribution < -0.4 is 9.64 Å². The highest BCUT2D eigenvalue weighted by Gasteiger charge is 2.32. The lowest BCUT2D eigenvalue weighted by molar-refractivity contribution is 0.0786. The van der Waals surface area contributed by atoms with Gasteiger partial charge >= 0.3 is 0 Å². The van der Waals surface area contributed by atoms with Crippen molar-refractivity contribution in [1.29, 1.82) is 0 Å². The molecule has 1 saturated heterocycles. The smallest absolute Gasteiger partial charge is 0.256 e. The number of nitrogens with zero attached hydrogens (tertiary/aromatic N) is 3. The third-order valence-corrected chi connectivity index (χ3v) is 6.76. The number of aromatic nitrogens is 1. The summed E-state index contributed by atoms with van der Waals surface area (Å²) in [6.07, 6.45) is 2.14. The van der Waals surface area contributed by atoms with Crippen LogP contribution in [0.4, 0.5) is 5.82 Å². The van der Waals surface area contributed by atoms with Crippen molar-refractivity contribution in [3.63, 3.8) is 0 Å². The van der Waals surface area contributed by atoms with Crippen LogP contribution in [-0.4, -0.2) is 41.5 Å². The summed E-state index contributed by atoms with van der Waals surface area (Å²) in [6.45, 7) is 14.7. The molecule has 0 saturated carbocycles. The number of carbonyl (C=O) groups is 1. The highest BCUT2D eigenvalue weighted by atomic mass is 16.5. The fraction of sp³-hybridized carbons (Fsp3) is 0.538. The second kappa shape index (κ2) is 9.49. The lowest BCUT2D eigenvalue weighted by atomic mass is 10.0. The average molecular weight is 438 g/mol. The van der Waals surface area contributed by atoms with Crippen molar-refractivity contribution in [3.8, 4) is 5.75 Å². The molecular formula is C26H35N3O3. The van der Waals surface area contributed by atoms with Crippen LogP contribution in [0.15, 0.2) is 18.2 Å². The van der Waals surface area contributed by atoms with Crippen LogP contribution in [0.25, 0.3) is 0 Å². The number of rotatable bonds is 4. The molecule has 3 aliphatic heterocycles. The van der Waals surface area contributed by atoms with Crippen molar-refractivity contribution in [1.82, 2.24) is 9.88 Å². The molecule has 1 amide bonds. The molecule has 1 aromatic carbocycles. The summed E-state index contributed by atoms with van der Waals surface area (Å²) >= 11 is 0. The van der Waals surface area contributed by atoms with Crippen LogP contribution in [0.1, 0.15) is 71.9 Å². The summed E-state index contributed by atoms with van der Waals surface area (Å²) in [5.74, 6) is 2.10. The standard InChI is InChI=1S/C24H29N3O3.C2H6/c1-4-26-12-21-22(24(26)28)15(2)16(3)23(25-21)27-9-7-19(8-10-27)30-20-6-5-17-13-29-14-18(17)11-20;1-2/h5-6,11,19H,4,7-10,12-14H2,1-3H3;1-2H3. The molecule has 4 heterocycles. The third-order valence-electron chi connectivity index (χ3n) is 6.76. The molecule has 0 spiro atoms. The predicted molar refractivity (Wildman–Crippen MR) is 126 cm³/mol. The van der Waals surface area contributed by atoms with Gasteiger partial charge in [-0.3, -0.25) is 4.79 Å². The molecule has 0 aliphatic carbocycles. The van der Waals surface area contributed by atoms with E-state index in [0.717, 1.165) is 66.4 Å². The zero-order chi connectivity index (χ0) is 22.8. The molecule has 32 heavy (non-hydrogen) atoms. The fourth-order valence-corrected chi connectivity index (χ4v) is 4.81. The number of anilines is 1. The van der Waals surface area contributed by atoms with E-state index in [4.69, 9.17) is 14.5 Å². The first kappa shape index (κ1) is 22.6. The van der Waals surface area contributed by atoms with Crippen molar-refractivity contribution in [2.75, 3.05) is 24.5 Å². The van der Waals surface area contributed by atoms with Crippen LogP contribution in [0.3, 0.4) is 0 Å². The average Bonchev–Trinajstić information content (AvgIpc) is 3.42. The van der Waals surface area contributed by atoms with Crippen molar-refractivity contribution in [2.45, 2.75) is 73.3 Å². The van der Waals surface area contributed by atoms with Gasteiger partial charge in [-0.05, 0) is 55.2 Å². The van der Waals surface area contributed by atoms with E-state index in [1.54, 1.807) is 0 Å². The van der Waals surface area contributed by atoms with Crippen LogP contribution >= 0.6 is 0 Å². The SMILES string of the molecule is CC.CCN1Cc2nc(N3CCC(Oc4ccc5c(c4)COC5)CC3)c(C)c(C)c2C1=O. The van der Waals surface area contributed by atoms with Gasteiger partial charge in [0.2, 0.25) is 0 Å². The number of carbonyl (C=O) groups excluding carboxylic acids is 1. The Bertz CT molecular complexity index is 996. The Balaban J connectivity index is 0.00000119. The lowest BCUT2D eigenvalue weighted by Crippen LogP contribution is -2.39. The maximum Gasteiger partial charge on any atom is 0.256 e. The van der Waals surface area contributed by atoms with E-state index < -0.39 is 0 Å². The van der Waals surface area contributed by atoms with Gasteiger partial charge in [-0.2, -0.15) is 0 Å². The Kier molecular flexibility index (Phi) is 6.70. The molecule has 2 aromatic rings. The molecular weight excluding hydrogens is 402 g/mol. The molecule has 172 valence electrons. The van der Waals surface area contributed by atoms with E-state index in [1.165, 1.54) is 11.1 Å². The van der Waals surface area contributed by atoms with Crippen LogP contribution in [-0.2, 0) is 24.5 Å². The summed E-state index contributed by atoms with van der Waals surface area (Å²) < 4.78 is 11.8. The van der Waals surface area contributed by atoms with E-state index >= 15 is 0 Å². The van der Waals surface area contributed by atoms with Gasteiger partial charge < -0.3 is 19.3 Å². The molecule has 1 fully saturated rings. The first-order chi connectivity index (χ1) is 15.5. The molecule has 0 bridgehead atoms. The lowest BCUT2D eigenvalue weighted by Gasteiger charge is -2.34. The number of ether oxygens (including phenoxy) is 2. The molecule has 0 atom stereocenters. The van der Waals surface area contributed by atoms with Gasteiger partial charge in [0, 0.05) is 32.5 Å².